The number of hydrogen-bond donors (Lipinski definition) is 1. The molecular formula is C15H16FN3S. The number of nitrogens with zero attached hydrogens (tertiary/aromatic N) is 2. The highest BCUT2D eigenvalue weighted by Crippen LogP contribution is 2.22. The zero-order valence-electron chi connectivity index (χ0n) is 11.7. The molecule has 0 aliphatic heterocycles. The van der Waals surface area contributed by atoms with E-state index in [0.29, 0.717) is 12.1 Å². The fourth-order valence-corrected chi connectivity index (χ4v) is 3.25. The lowest BCUT2D eigenvalue weighted by Gasteiger charge is -2.08. The van der Waals surface area contributed by atoms with Crippen LogP contribution in [0.15, 0.2) is 23.6 Å². The summed E-state index contributed by atoms with van der Waals surface area (Å²) in [7, 11) is 0. The minimum Gasteiger partial charge on any atom is -0.379 e. The van der Waals surface area contributed by atoms with E-state index in [1.807, 2.05) is 13.0 Å². The quantitative estimate of drug-likeness (QED) is 0.787. The first kappa shape index (κ1) is 13.1. The predicted molar refractivity (Wildman–Crippen MR) is 81.0 cm³/mol. The molecule has 0 aliphatic rings. The Kier molecular flexibility index (Phi) is 3.22. The molecule has 2 heterocycles. The van der Waals surface area contributed by atoms with Crippen LogP contribution in [0.2, 0.25) is 0 Å². The summed E-state index contributed by atoms with van der Waals surface area (Å²) in [5.74, 6) is -0.174. The lowest BCUT2D eigenvalue weighted by Crippen LogP contribution is -2.05. The number of hydrogen-bond acceptors (Lipinski definition) is 3. The van der Waals surface area contributed by atoms with Crippen LogP contribution in [0.5, 0.6) is 0 Å². The standard InChI is InChI=1S/C15H16FN3S/c1-9-6-12(4-5-13(9)16)17-7-14-11(3)18-15-19(14)10(2)8-20-15/h4-6,8,17H,7H2,1-3H3. The first-order valence-electron chi connectivity index (χ1n) is 6.48. The Balaban J connectivity index is 1.88. The van der Waals surface area contributed by atoms with E-state index in [1.54, 1.807) is 24.3 Å². The molecule has 20 heavy (non-hydrogen) atoms. The summed E-state index contributed by atoms with van der Waals surface area (Å²) in [6, 6.07) is 5.08. The average Bonchev–Trinajstić information content (AvgIpc) is 2.91. The molecule has 0 amide bonds. The number of nitrogens with one attached hydrogen (secondary N) is 1. The largest absolute Gasteiger partial charge is 0.379 e. The van der Waals surface area contributed by atoms with Crippen LogP contribution < -0.4 is 5.32 Å². The van der Waals surface area contributed by atoms with Crippen molar-refractivity contribution in [2.45, 2.75) is 27.3 Å². The number of aryl methyl sites for hydroxylation is 3. The van der Waals surface area contributed by atoms with E-state index in [9.17, 15) is 4.39 Å². The smallest absolute Gasteiger partial charge is 0.194 e. The molecule has 0 fully saturated rings. The Morgan fingerprint density at radius 3 is 2.85 bits per heavy atom. The molecule has 0 atom stereocenters. The van der Waals surface area contributed by atoms with Crippen LogP contribution in [-0.4, -0.2) is 9.38 Å². The molecule has 0 bridgehead atoms. The summed E-state index contributed by atoms with van der Waals surface area (Å²) >= 11 is 1.65. The van der Waals surface area contributed by atoms with Gasteiger partial charge in [0.25, 0.3) is 0 Å². The van der Waals surface area contributed by atoms with Crippen LogP contribution in [0.25, 0.3) is 4.96 Å². The van der Waals surface area contributed by atoms with Crippen LogP contribution >= 0.6 is 11.3 Å². The van der Waals surface area contributed by atoms with E-state index in [2.05, 4.69) is 27.0 Å². The number of halogens is 1. The minimum atomic E-state index is -0.174. The average molecular weight is 289 g/mol. The molecule has 3 nitrogen and oxygen atoms in total. The highest BCUT2D eigenvalue weighted by atomic mass is 32.1. The number of anilines is 1. The topological polar surface area (TPSA) is 29.3 Å². The van der Waals surface area contributed by atoms with Crippen LogP contribution in [0, 0.1) is 26.6 Å². The summed E-state index contributed by atoms with van der Waals surface area (Å²) in [4.78, 5) is 5.58. The van der Waals surface area contributed by atoms with Gasteiger partial charge in [-0.25, -0.2) is 9.37 Å². The van der Waals surface area contributed by atoms with Crippen molar-refractivity contribution in [2.75, 3.05) is 5.32 Å². The Morgan fingerprint density at radius 2 is 2.10 bits per heavy atom. The van der Waals surface area contributed by atoms with Crippen LogP contribution in [-0.2, 0) is 6.54 Å². The zero-order chi connectivity index (χ0) is 14.3. The highest BCUT2D eigenvalue weighted by molar-refractivity contribution is 7.15. The van der Waals surface area contributed by atoms with Crippen molar-refractivity contribution in [3.05, 3.63) is 52.0 Å². The maximum absolute atomic E-state index is 13.3. The van der Waals surface area contributed by atoms with Gasteiger partial charge in [-0.1, -0.05) is 0 Å². The van der Waals surface area contributed by atoms with Gasteiger partial charge in [0.1, 0.15) is 5.82 Å². The second kappa shape index (κ2) is 4.90. The number of aromatic nitrogens is 2. The third-order valence-corrected chi connectivity index (χ3v) is 4.39. The molecule has 5 heteroatoms. The van der Waals surface area contributed by atoms with Crippen molar-refractivity contribution in [1.82, 2.24) is 9.38 Å². The van der Waals surface area contributed by atoms with E-state index in [1.165, 1.54) is 11.8 Å². The molecule has 1 aromatic carbocycles. The molecule has 2 aromatic heterocycles. The van der Waals surface area contributed by atoms with Gasteiger partial charge in [0.15, 0.2) is 4.96 Å². The molecule has 3 aromatic rings. The summed E-state index contributed by atoms with van der Waals surface area (Å²) in [6.07, 6.45) is 0. The predicted octanol–water partition coefficient (Wildman–Crippen LogP) is 4.07. The molecule has 0 saturated carbocycles. The Labute approximate surface area is 121 Å². The Bertz CT molecular complexity index is 773. The first-order valence-corrected chi connectivity index (χ1v) is 7.36. The van der Waals surface area contributed by atoms with Gasteiger partial charge < -0.3 is 5.32 Å². The van der Waals surface area contributed by atoms with Crippen molar-refractivity contribution >= 4 is 22.0 Å². The van der Waals surface area contributed by atoms with Crippen molar-refractivity contribution in [1.29, 1.82) is 0 Å². The van der Waals surface area contributed by atoms with Gasteiger partial charge in [0, 0.05) is 16.8 Å². The van der Waals surface area contributed by atoms with Crippen molar-refractivity contribution in [3.8, 4) is 0 Å². The third-order valence-electron chi connectivity index (χ3n) is 3.45. The van der Waals surface area contributed by atoms with E-state index in [-0.39, 0.29) is 5.82 Å². The lowest BCUT2D eigenvalue weighted by atomic mass is 10.2. The van der Waals surface area contributed by atoms with Crippen molar-refractivity contribution in [2.24, 2.45) is 0 Å². The minimum absolute atomic E-state index is 0.174. The lowest BCUT2D eigenvalue weighted by molar-refractivity contribution is 0.618. The summed E-state index contributed by atoms with van der Waals surface area (Å²) in [5.41, 5.74) is 4.95. The second-order valence-electron chi connectivity index (χ2n) is 4.96. The van der Waals surface area contributed by atoms with Gasteiger partial charge in [0.2, 0.25) is 0 Å². The maximum atomic E-state index is 13.3. The maximum Gasteiger partial charge on any atom is 0.194 e. The first-order chi connectivity index (χ1) is 9.56. The van der Waals surface area contributed by atoms with Gasteiger partial charge in [-0.3, -0.25) is 4.40 Å². The molecular weight excluding hydrogens is 273 g/mol. The van der Waals surface area contributed by atoms with E-state index < -0.39 is 0 Å². The number of rotatable bonds is 3. The fraction of sp³-hybridized carbons (Fsp3) is 0.267. The normalized spacial score (nSPS) is 11.2. The highest BCUT2D eigenvalue weighted by Gasteiger charge is 2.11. The van der Waals surface area contributed by atoms with E-state index in [0.717, 1.165) is 22.0 Å². The number of benzene rings is 1. The van der Waals surface area contributed by atoms with Gasteiger partial charge in [-0.05, 0) is 44.5 Å². The third kappa shape index (κ3) is 2.18. The van der Waals surface area contributed by atoms with E-state index >= 15 is 0 Å². The van der Waals surface area contributed by atoms with Gasteiger partial charge in [-0.2, -0.15) is 0 Å². The summed E-state index contributed by atoms with van der Waals surface area (Å²) in [5, 5.41) is 5.45. The molecule has 0 radical (unpaired) electrons. The Hall–Kier alpha value is -1.88. The number of fused-ring (bicyclic) bond motifs is 1. The molecule has 0 unspecified atom stereocenters. The van der Waals surface area contributed by atoms with Crippen LogP contribution in [0.4, 0.5) is 10.1 Å². The van der Waals surface area contributed by atoms with Crippen LogP contribution in [0.3, 0.4) is 0 Å². The second-order valence-corrected chi connectivity index (χ2v) is 5.79. The summed E-state index contributed by atoms with van der Waals surface area (Å²) < 4.78 is 15.4. The molecule has 104 valence electrons. The molecule has 1 N–H and O–H groups in total. The van der Waals surface area contributed by atoms with Gasteiger partial charge >= 0.3 is 0 Å². The van der Waals surface area contributed by atoms with Crippen molar-refractivity contribution in [3.63, 3.8) is 0 Å². The molecule has 0 aliphatic carbocycles. The molecule has 0 spiro atoms. The monoisotopic (exact) mass is 289 g/mol. The molecule has 0 saturated heterocycles. The fourth-order valence-electron chi connectivity index (χ4n) is 2.32. The van der Waals surface area contributed by atoms with E-state index in [4.69, 9.17) is 0 Å². The Morgan fingerprint density at radius 1 is 1.30 bits per heavy atom. The van der Waals surface area contributed by atoms with Crippen molar-refractivity contribution < 1.29 is 4.39 Å². The number of thiazole rings is 1. The van der Waals surface area contributed by atoms with Gasteiger partial charge in [-0.15, -0.1) is 11.3 Å². The SMILES string of the molecule is Cc1cc(NCc2c(C)nc3scc(C)n23)ccc1F. The summed E-state index contributed by atoms with van der Waals surface area (Å²) in [6.45, 7) is 6.55. The van der Waals surface area contributed by atoms with Crippen LogP contribution in [0.1, 0.15) is 22.6 Å². The van der Waals surface area contributed by atoms with Gasteiger partial charge in [0.05, 0.1) is 17.9 Å². The number of imidazole rings is 1. The molecule has 3 rings (SSSR count). The zero-order valence-corrected chi connectivity index (χ0v) is 12.5.